The molecule has 2 amide bonds. The molecule has 0 radical (unpaired) electrons. The zero-order valence-corrected chi connectivity index (χ0v) is 20.2. The van der Waals surface area contributed by atoms with Crippen molar-refractivity contribution in [3.63, 3.8) is 0 Å². The van der Waals surface area contributed by atoms with E-state index in [1.54, 1.807) is 30.3 Å². The number of hydrogen-bond donors (Lipinski definition) is 3. The largest absolute Gasteiger partial charge is 0.471 e. The van der Waals surface area contributed by atoms with Crippen molar-refractivity contribution in [2.75, 3.05) is 0 Å². The summed E-state index contributed by atoms with van der Waals surface area (Å²) in [4.78, 5) is 33.6. The smallest absolute Gasteiger partial charge is 0.392 e. The molecule has 1 heterocycles. The lowest BCUT2D eigenvalue weighted by molar-refractivity contribution is -0.174. The Morgan fingerprint density at radius 2 is 1.35 bits per heavy atom. The summed E-state index contributed by atoms with van der Waals surface area (Å²) in [5.74, 6) is -3.84. The lowest BCUT2D eigenvalue weighted by Crippen LogP contribution is -2.48. The summed E-state index contributed by atoms with van der Waals surface area (Å²) in [7, 11) is 0. The third-order valence-electron chi connectivity index (χ3n) is 6.21. The Kier molecular flexibility index (Phi) is 9.51. The number of aliphatic hydroxyl groups is 1. The quantitative estimate of drug-likeness (QED) is 0.387. The van der Waals surface area contributed by atoms with E-state index in [0.29, 0.717) is 31.2 Å². The number of carbonyl (C=O) groups is 3. The van der Waals surface area contributed by atoms with Crippen molar-refractivity contribution in [1.82, 2.24) is 10.6 Å². The predicted molar refractivity (Wildman–Crippen MR) is 120 cm³/mol. The fraction of sp³-hybridized carbons (Fsp3) is 0.609. The molecule has 0 spiro atoms. The van der Waals surface area contributed by atoms with Gasteiger partial charge in [0.05, 0.1) is 18.3 Å². The number of benzene rings is 1. The first-order valence-electron chi connectivity index (χ1n) is 11.6. The van der Waals surface area contributed by atoms with E-state index in [9.17, 15) is 45.8 Å². The molecule has 206 valence electrons. The van der Waals surface area contributed by atoms with Gasteiger partial charge in [-0.2, -0.15) is 26.3 Å². The Morgan fingerprint density at radius 3 is 1.86 bits per heavy atom. The van der Waals surface area contributed by atoms with E-state index >= 15 is 0 Å². The molecule has 2 aliphatic carbocycles. The summed E-state index contributed by atoms with van der Waals surface area (Å²) >= 11 is 0.984. The van der Waals surface area contributed by atoms with Crippen LogP contribution in [0.3, 0.4) is 0 Å². The van der Waals surface area contributed by atoms with E-state index < -0.39 is 36.3 Å². The zero-order chi connectivity index (χ0) is 27.4. The maximum absolute atomic E-state index is 12.2. The van der Waals surface area contributed by atoms with E-state index in [1.165, 1.54) is 0 Å². The van der Waals surface area contributed by atoms with Gasteiger partial charge in [-0.25, -0.2) is 0 Å². The van der Waals surface area contributed by atoms with Gasteiger partial charge < -0.3 is 20.5 Å². The monoisotopic (exact) mass is 556 g/mol. The number of alkyl halides is 6. The van der Waals surface area contributed by atoms with Gasteiger partial charge in [0.25, 0.3) is 0 Å². The molecule has 7 nitrogen and oxygen atoms in total. The SMILES string of the molecule is O=C(N[C@@H]1CC[C@@H]2O[C@@H]2C1)C(F)(F)F.O=C(S[C@@H]1CC[C@@H](NC(=O)C(F)(F)F)C[C@H]1O)c1ccccc1. The van der Waals surface area contributed by atoms with Crippen LogP contribution in [0.1, 0.15) is 48.9 Å². The highest BCUT2D eigenvalue weighted by atomic mass is 32.2. The molecule has 14 heteroatoms. The molecule has 1 aromatic carbocycles. The third kappa shape index (κ3) is 8.88. The second-order valence-corrected chi connectivity index (χ2v) is 10.3. The van der Waals surface area contributed by atoms with Crippen LogP contribution in [0.25, 0.3) is 0 Å². The van der Waals surface area contributed by atoms with Gasteiger partial charge >= 0.3 is 24.2 Å². The van der Waals surface area contributed by atoms with Crippen molar-refractivity contribution in [3.8, 4) is 0 Å². The molecule has 1 aromatic rings. The van der Waals surface area contributed by atoms with Crippen molar-refractivity contribution >= 4 is 28.7 Å². The highest BCUT2D eigenvalue weighted by Crippen LogP contribution is 2.36. The summed E-state index contributed by atoms with van der Waals surface area (Å²) in [6, 6.07) is 7.45. The summed E-state index contributed by atoms with van der Waals surface area (Å²) in [5.41, 5.74) is 0.511. The Bertz CT molecular complexity index is 961. The van der Waals surface area contributed by atoms with Crippen molar-refractivity contribution < 1.29 is 50.6 Å². The molecule has 6 atom stereocenters. The maximum Gasteiger partial charge on any atom is 0.471 e. The molecular formula is C23H26F6N2O5S. The standard InChI is InChI=1S/C15H16F3NO3S.C8H10F3NO2/c16-15(17,18)14(22)19-10-6-7-12(11(20)8-10)23-13(21)9-4-2-1-3-5-9;9-8(10,11)7(13)12-4-1-2-5-6(3-4)14-5/h1-5,10-12,20H,6-8H2,(H,19,22);4-6H,1-3H2,(H,12,13)/t10-,11-,12-;4-,5+,6-/m11/s1. The van der Waals surface area contributed by atoms with Gasteiger partial charge in [-0.15, -0.1) is 0 Å². The van der Waals surface area contributed by atoms with Crippen LogP contribution in [0.2, 0.25) is 0 Å². The van der Waals surface area contributed by atoms with Crippen LogP contribution in [0, 0.1) is 0 Å². The number of rotatable bonds is 4. The molecule has 3 aliphatic rings. The lowest BCUT2D eigenvalue weighted by Gasteiger charge is -2.32. The Hall–Kier alpha value is -2.32. The van der Waals surface area contributed by atoms with Crippen molar-refractivity contribution in [3.05, 3.63) is 35.9 Å². The van der Waals surface area contributed by atoms with E-state index in [2.05, 4.69) is 0 Å². The average molecular weight is 557 g/mol. The minimum absolute atomic E-state index is 0.00154. The first kappa shape index (κ1) is 29.2. The molecule has 1 aliphatic heterocycles. The van der Waals surface area contributed by atoms with E-state index in [4.69, 9.17) is 4.74 Å². The topological polar surface area (TPSA) is 108 Å². The van der Waals surface area contributed by atoms with E-state index in [-0.39, 0.29) is 35.0 Å². The highest BCUT2D eigenvalue weighted by Gasteiger charge is 2.46. The van der Waals surface area contributed by atoms with Crippen LogP contribution in [0.4, 0.5) is 26.3 Å². The zero-order valence-electron chi connectivity index (χ0n) is 19.3. The second kappa shape index (κ2) is 12.0. The number of hydrogen-bond acceptors (Lipinski definition) is 6. The molecule has 1 saturated heterocycles. The maximum atomic E-state index is 12.2. The van der Waals surface area contributed by atoms with Crippen molar-refractivity contribution in [2.45, 2.75) is 86.5 Å². The molecule has 37 heavy (non-hydrogen) atoms. The Labute approximate surface area is 212 Å². The third-order valence-corrected chi connectivity index (χ3v) is 7.51. The minimum Gasteiger partial charge on any atom is -0.392 e. The van der Waals surface area contributed by atoms with Gasteiger partial charge in [-0.05, 0) is 38.5 Å². The number of fused-ring (bicyclic) bond motifs is 1. The second-order valence-electron chi connectivity index (χ2n) is 9.05. The lowest BCUT2D eigenvalue weighted by atomic mass is 9.92. The number of nitrogens with one attached hydrogen (secondary N) is 2. The van der Waals surface area contributed by atoms with Crippen LogP contribution in [0.15, 0.2) is 30.3 Å². The van der Waals surface area contributed by atoms with Gasteiger partial charge in [-0.3, -0.25) is 14.4 Å². The Balaban J connectivity index is 0.000000231. The summed E-state index contributed by atoms with van der Waals surface area (Å²) in [6.45, 7) is 0. The Morgan fingerprint density at radius 1 is 0.811 bits per heavy atom. The fourth-order valence-corrected chi connectivity index (χ4v) is 5.31. The molecule has 3 fully saturated rings. The number of thioether (sulfide) groups is 1. The first-order valence-corrected chi connectivity index (χ1v) is 12.5. The molecule has 0 bridgehead atoms. The summed E-state index contributed by atoms with van der Waals surface area (Å²) in [5, 5.41) is 13.3. The molecule has 0 aromatic heterocycles. The van der Waals surface area contributed by atoms with E-state index in [1.807, 2.05) is 10.6 Å². The average Bonchev–Trinajstić information content (AvgIpc) is 3.59. The molecule has 0 unspecified atom stereocenters. The van der Waals surface area contributed by atoms with Crippen molar-refractivity contribution in [1.29, 1.82) is 0 Å². The number of halogens is 6. The minimum atomic E-state index is -4.93. The highest BCUT2D eigenvalue weighted by molar-refractivity contribution is 8.14. The van der Waals surface area contributed by atoms with Gasteiger partial charge in [-0.1, -0.05) is 42.1 Å². The predicted octanol–water partition coefficient (Wildman–Crippen LogP) is 3.51. The first-order chi connectivity index (χ1) is 17.2. The fourth-order valence-electron chi connectivity index (χ4n) is 4.24. The normalized spacial score (nSPS) is 29.2. The molecule has 2 saturated carbocycles. The van der Waals surface area contributed by atoms with Gasteiger partial charge in [0, 0.05) is 22.9 Å². The van der Waals surface area contributed by atoms with Gasteiger partial charge in [0.15, 0.2) is 0 Å². The summed E-state index contributed by atoms with van der Waals surface area (Å²) < 4.78 is 77.4. The van der Waals surface area contributed by atoms with Crippen LogP contribution >= 0.6 is 11.8 Å². The van der Waals surface area contributed by atoms with E-state index in [0.717, 1.165) is 18.2 Å². The van der Waals surface area contributed by atoms with Crippen LogP contribution in [-0.4, -0.2) is 70.0 Å². The van der Waals surface area contributed by atoms with Crippen LogP contribution in [0.5, 0.6) is 0 Å². The van der Waals surface area contributed by atoms with Crippen molar-refractivity contribution in [2.24, 2.45) is 0 Å². The van der Waals surface area contributed by atoms with Gasteiger partial charge in [0.1, 0.15) is 0 Å². The molecule has 4 rings (SSSR count). The number of ether oxygens (including phenoxy) is 1. The van der Waals surface area contributed by atoms with Crippen LogP contribution < -0.4 is 10.6 Å². The number of carbonyl (C=O) groups excluding carboxylic acids is 3. The van der Waals surface area contributed by atoms with Gasteiger partial charge in [0.2, 0.25) is 5.12 Å². The molecular weight excluding hydrogens is 530 g/mol. The molecule has 3 N–H and O–H groups in total. The van der Waals surface area contributed by atoms with Crippen LogP contribution in [-0.2, 0) is 14.3 Å². The number of aliphatic hydroxyl groups excluding tert-OH is 1. The summed E-state index contributed by atoms with van der Waals surface area (Å²) in [6.07, 6.45) is -7.88. The number of amides is 2. The number of epoxide rings is 1.